The maximum absolute atomic E-state index is 11.9. The molecule has 0 aliphatic heterocycles. The first kappa shape index (κ1) is 14.9. The minimum absolute atomic E-state index is 0.161. The van der Waals surface area contributed by atoms with E-state index in [-0.39, 0.29) is 22.2 Å². The SMILES string of the molecule is CNC(=O)c1ccn(-c2c(Cl)cc(N)cc2C(=O)OC)n1. The lowest BCUT2D eigenvalue weighted by atomic mass is 10.1. The van der Waals surface area contributed by atoms with Gasteiger partial charge >= 0.3 is 5.97 Å². The third-order valence-electron chi connectivity index (χ3n) is 2.77. The second-order valence-corrected chi connectivity index (χ2v) is 4.52. The van der Waals surface area contributed by atoms with E-state index < -0.39 is 5.97 Å². The molecule has 1 aromatic heterocycles. The third kappa shape index (κ3) is 2.82. The van der Waals surface area contributed by atoms with Crippen molar-refractivity contribution in [1.29, 1.82) is 0 Å². The first-order valence-electron chi connectivity index (χ1n) is 5.93. The first-order valence-corrected chi connectivity index (χ1v) is 6.31. The van der Waals surface area contributed by atoms with E-state index in [1.807, 2.05) is 0 Å². The molecule has 1 aromatic carbocycles. The van der Waals surface area contributed by atoms with Gasteiger partial charge < -0.3 is 15.8 Å². The largest absolute Gasteiger partial charge is 0.465 e. The van der Waals surface area contributed by atoms with Gasteiger partial charge in [-0.05, 0) is 18.2 Å². The fraction of sp³-hybridized carbons (Fsp3) is 0.154. The van der Waals surface area contributed by atoms with Crippen LogP contribution in [0, 0.1) is 0 Å². The number of ether oxygens (including phenoxy) is 1. The number of halogens is 1. The van der Waals surface area contributed by atoms with E-state index in [2.05, 4.69) is 10.4 Å². The number of rotatable bonds is 3. The molecule has 0 unspecified atom stereocenters. The van der Waals surface area contributed by atoms with Crippen LogP contribution in [0.5, 0.6) is 0 Å². The van der Waals surface area contributed by atoms with Crippen LogP contribution in [0.3, 0.4) is 0 Å². The highest BCUT2D eigenvalue weighted by Gasteiger charge is 2.19. The molecule has 110 valence electrons. The van der Waals surface area contributed by atoms with Gasteiger partial charge in [-0.1, -0.05) is 11.6 Å². The molecule has 0 fully saturated rings. The molecule has 0 radical (unpaired) electrons. The summed E-state index contributed by atoms with van der Waals surface area (Å²) in [5.74, 6) is -0.948. The molecular weight excluding hydrogens is 296 g/mol. The number of amides is 1. The van der Waals surface area contributed by atoms with Crippen LogP contribution in [0.25, 0.3) is 5.69 Å². The van der Waals surface area contributed by atoms with Crippen molar-refractivity contribution in [3.63, 3.8) is 0 Å². The number of benzene rings is 1. The van der Waals surface area contributed by atoms with Gasteiger partial charge in [-0.2, -0.15) is 5.10 Å². The molecule has 0 saturated heterocycles. The summed E-state index contributed by atoms with van der Waals surface area (Å²) in [7, 11) is 2.75. The Kier molecular flexibility index (Phi) is 4.13. The van der Waals surface area contributed by atoms with Gasteiger partial charge in [-0.25, -0.2) is 9.48 Å². The average Bonchev–Trinajstić information content (AvgIpc) is 2.94. The predicted molar refractivity (Wildman–Crippen MR) is 77.7 cm³/mol. The van der Waals surface area contributed by atoms with Crippen molar-refractivity contribution in [2.24, 2.45) is 0 Å². The molecule has 2 rings (SSSR count). The summed E-state index contributed by atoms with van der Waals surface area (Å²) < 4.78 is 6.04. The lowest BCUT2D eigenvalue weighted by molar-refractivity contribution is 0.0600. The van der Waals surface area contributed by atoms with Gasteiger partial charge in [0, 0.05) is 18.9 Å². The number of nitrogens with one attached hydrogen (secondary N) is 1. The summed E-state index contributed by atoms with van der Waals surface area (Å²) >= 11 is 6.14. The highest BCUT2D eigenvalue weighted by Crippen LogP contribution is 2.28. The highest BCUT2D eigenvalue weighted by molar-refractivity contribution is 6.33. The number of anilines is 1. The number of carbonyl (C=O) groups excluding carboxylic acids is 2. The molecular formula is C13H13ClN4O3. The maximum Gasteiger partial charge on any atom is 0.340 e. The molecule has 1 amide bonds. The first-order chi connectivity index (χ1) is 9.97. The molecule has 21 heavy (non-hydrogen) atoms. The Morgan fingerprint density at radius 2 is 2.14 bits per heavy atom. The van der Waals surface area contributed by atoms with Crippen molar-refractivity contribution in [1.82, 2.24) is 15.1 Å². The van der Waals surface area contributed by atoms with E-state index >= 15 is 0 Å². The highest BCUT2D eigenvalue weighted by atomic mass is 35.5. The van der Waals surface area contributed by atoms with Crippen molar-refractivity contribution in [2.45, 2.75) is 0 Å². The van der Waals surface area contributed by atoms with Crippen LogP contribution >= 0.6 is 11.6 Å². The maximum atomic E-state index is 11.9. The third-order valence-corrected chi connectivity index (χ3v) is 3.06. The Bertz CT molecular complexity index is 711. The van der Waals surface area contributed by atoms with Crippen LogP contribution in [0.4, 0.5) is 5.69 Å². The topological polar surface area (TPSA) is 99.2 Å². The van der Waals surface area contributed by atoms with Gasteiger partial charge in [0.2, 0.25) is 0 Å². The van der Waals surface area contributed by atoms with Crippen LogP contribution in [0.15, 0.2) is 24.4 Å². The molecule has 8 heteroatoms. The number of nitrogen functional groups attached to an aromatic ring is 1. The molecule has 2 aromatic rings. The van der Waals surface area contributed by atoms with Crippen LogP contribution in [-0.2, 0) is 4.74 Å². The number of nitrogens with zero attached hydrogens (tertiary/aromatic N) is 2. The molecule has 0 saturated carbocycles. The van der Waals surface area contributed by atoms with Gasteiger partial charge in [0.15, 0.2) is 5.69 Å². The molecule has 0 bridgehead atoms. The fourth-order valence-corrected chi connectivity index (χ4v) is 2.13. The smallest absolute Gasteiger partial charge is 0.340 e. The van der Waals surface area contributed by atoms with E-state index in [1.54, 1.807) is 0 Å². The Hall–Kier alpha value is -2.54. The van der Waals surface area contributed by atoms with Crippen molar-refractivity contribution < 1.29 is 14.3 Å². The minimum Gasteiger partial charge on any atom is -0.465 e. The molecule has 1 heterocycles. The van der Waals surface area contributed by atoms with E-state index in [4.69, 9.17) is 22.1 Å². The standard InChI is InChI=1S/C13H13ClN4O3/c1-16-12(19)10-3-4-18(17-10)11-8(13(20)21-2)5-7(15)6-9(11)14/h3-6H,15H2,1-2H3,(H,16,19). The second kappa shape index (κ2) is 5.84. The zero-order valence-corrected chi connectivity index (χ0v) is 12.1. The molecule has 0 aliphatic rings. The lowest BCUT2D eigenvalue weighted by Gasteiger charge is -2.11. The Morgan fingerprint density at radius 1 is 1.43 bits per heavy atom. The van der Waals surface area contributed by atoms with Gasteiger partial charge in [0.05, 0.1) is 23.4 Å². The number of nitrogens with two attached hydrogens (primary N) is 1. The summed E-state index contributed by atoms with van der Waals surface area (Å²) in [4.78, 5) is 23.4. The zero-order valence-electron chi connectivity index (χ0n) is 11.4. The number of hydrogen-bond donors (Lipinski definition) is 2. The Balaban J connectivity index is 2.60. The summed E-state index contributed by atoms with van der Waals surface area (Å²) in [6.07, 6.45) is 1.52. The van der Waals surface area contributed by atoms with Crippen LogP contribution < -0.4 is 11.1 Å². The minimum atomic E-state index is -0.601. The number of esters is 1. The Labute approximate surface area is 125 Å². The molecule has 7 nitrogen and oxygen atoms in total. The molecule has 0 aliphatic carbocycles. The lowest BCUT2D eigenvalue weighted by Crippen LogP contribution is -2.19. The molecule has 3 N–H and O–H groups in total. The van der Waals surface area contributed by atoms with Crippen molar-refractivity contribution in [2.75, 3.05) is 19.9 Å². The second-order valence-electron chi connectivity index (χ2n) is 4.12. The van der Waals surface area contributed by atoms with Gasteiger partial charge in [0.25, 0.3) is 5.91 Å². The van der Waals surface area contributed by atoms with Crippen molar-refractivity contribution in [3.8, 4) is 5.69 Å². The summed E-state index contributed by atoms with van der Waals surface area (Å²) in [5.41, 5.74) is 6.67. The van der Waals surface area contributed by atoms with Crippen LogP contribution in [0.1, 0.15) is 20.8 Å². The summed E-state index contributed by atoms with van der Waals surface area (Å²) in [6, 6.07) is 4.44. The molecule has 0 atom stereocenters. The quantitative estimate of drug-likeness (QED) is 0.657. The average molecular weight is 309 g/mol. The van der Waals surface area contributed by atoms with E-state index in [0.29, 0.717) is 11.4 Å². The van der Waals surface area contributed by atoms with Crippen molar-refractivity contribution >= 4 is 29.2 Å². The van der Waals surface area contributed by atoms with Gasteiger partial charge in [-0.3, -0.25) is 4.79 Å². The van der Waals surface area contributed by atoms with Gasteiger partial charge in [0.1, 0.15) is 0 Å². The van der Waals surface area contributed by atoms with E-state index in [1.165, 1.54) is 43.2 Å². The normalized spacial score (nSPS) is 10.2. The summed E-state index contributed by atoms with van der Waals surface area (Å²) in [5, 5.41) is 6.77. The number of methoxy groups -OCH3 is 1. The van der Waals surface area contributed by atoms with Crippen molar-refractivity contribution in [3.05, 3.63) is 40.7 Å². The number of aromatic nitrogens is 2. The van der Waals surface area contributed by atoms with E-state index in [0.717, 1.165) is 0 Å². The fourth-order valence-electron chi connectivity index (χ4n) is 1.82. The Morgan fingerprint density at radius 3 is 2.76 bits per heavy atom. The van der Waals surface area contributed by atoms with Gasteiger partial charge in [-0.15, -0.1) is 0 Å². The summed E-state index contributed by atoms with van der Waals surface area (Å²) in [6.45, 7) is 0. The molecule has 0 spiro atoms. The van der Waals surface area contributed by atoms with E-state index in [9.17, 15) is 9.59 Å². The zero-order chi connectivity index (χ0) is 15.6. The number of carbonyl (C=O) groups is 2. The van der Waals surface area contributed by atoms with Crippen LogP contribution in [0.2, 0.25) is 5.02 Å². The monoisotopic (exact) mass is 308 g/mol. The van der Waals surface area contributed by atoms with Crippen LogP contribution in [-0.4, -0.2) is 35.8 Å². The number of hydrogen-bond acceptors (Lipinski definition) is 5. The predicted octanol–water partition coefficient (Wildman–Crippen LogP) is 1.25.